The average molecular weight is 288 g/mol. The maximum absolute atomic E-state index is 12.0. The molecule has 4 rings (SSSR count). The zero-order valence-electron chi connectivity index (χ0n) is 11.6. The summed E-state index contributed by atoms with van der Waals surface area (Å²) < 4.78 is 0. The molecule has 0 spiro atoms. The highest BCUT2D eigenvalue weighted by Gasteiger charge is 2.14. The summed E-state index contributed by atoms with van der Waals surface area (Å²) in [7, 11) is 0. The first kappa shape index (κ1) is 12.5. The Labute approximate surface area is 125 Å². The van der Waals surface area contributed by atoms with Crippen LogP contribution >= 0.6 is 0 Å². The summed E-state index contributed by atoms with van der Waals surface area (Å²) in [5, 5.41) is 8.76. The van der Waals surface area contributed by atoms with Crippen molar-refractivity contribution in [2.45, 2.75) is 0 Å². The van der Waals surface area contributed by atoms with Crippen molar-refractivity contribution >= 4 is 10.8 Å². The SMILES string of the molecule is O=c1[nH]cc(-c2c[nH]nc2-c2ccccn2)c2ccccc12. The van der Waals surface area contributed by atoms with E-state index in [4.69, 9.17) is 0 Å². The Balaban J connectivity index is 2.01. The molecule has 0 aliphatic carbocycles. The van der Waals surface area contributed by atoms with E-state index in [9.17, 15) is 4.79 Å². The number of benzene rings is 1. The van der Waals surface area contributed by atoms with Gasteiger partial charge in [0.05, 0.1) is 5.69 Å². The summed E-state index contributed by atoms with van der Waals surface area (Å²) in [5.74, 6) is 0. The van der Waals surface area contributed by atoms with Crippen molar-refractivity contribution in [2.24, 2.45) is 0 Å². The number of hydrogen-bond acceptors (Lipinski definition) is 3. The standard InChI is InChI=1S/C17H12N4O/c22-17-12-6-2-1-5-11(12)13(9-19-17)14-10-20-21-16(14)15-7-3-4-8-18-15/h1-10H,(H,19,22)(H,20,21). The molecule has 5 nitrogen and oxygen atoms in total. The van der Waals surface area contributed by atoms with Crippen molar-refractivity contribution in [3.8, 4) is 22.5 Å². The number of pyridine rings is 2. The Morgan fingerprint density at radius 3 is 2.50 bits per heavy atom. The van der Waals surface area contributed by atoms with Crippen LogP contribution in [0.3, 0.4) is 0 Å². The van der Waals surface area contributed by atoms with Crippen LogP contribution in [-0.2, 0) is 0 Å². The topological polar surface area (TPSA) is 74.4 Å². The van der Waals surface area contributed by atoms with Crippen molar-refractivity contribution in [2.75, 3.05) is 0 Å². The fourth-order valence-electron chi connectivity index (χ4n) is 2.63. The molecule has 0 radical (unpaired) electrons. The van der Waals surface area contributed by atoms with Gasteiger partial charge in [0.2, 0.25) is 0 Å². The number of hydrogen-bond donors (Lipinski definition) is 2. The number of nitrogens with zero attached hydrogens (tertiary/aromatic N) is 2. The highest BCUT2D eigenvalue weighted by molar-refractivity contribution is 5.98. The van der Waals surface area contributed by atoms with Gasteiger partial charge in [-0.3, -0.25) is 14.9 Å². The lowest BCUT2D eigenvalue weighted by Gasteiger charge is -2.06. The van der Waals surface area contributed by atoms with Crippen LogP contribution in [0.2, 0.25) is 0 Å². The molecular weight excluding hydrogens is 276 g/mol. The third kappa shape index (κ3) is 1.91. The predicted molar refractivity (Wildman–Crippen MR) is 85.4 cm³/mol. The van der Waals surface area contributed by atoms with Gasteiger partial charge in [-0.2, -0.15) is 5.10 Å². The monoisotopic (exact) mass is 288 g/mol. The average Bonchev–Trinajstić information content (AvgIpc) is 3.06. The molecule has 0 atom stereocenters. The molecule has 0 bridgehead atoms. The first-order valence-corrected chi connectivity index (χ1v) is 6.90. The Morgan fingerprint density at radius 1 is 0.864 bits per heavy atom. The van der Waals surface area contributed by atoms with Gasteiger partial charge in [0.25, 0.3) is 5.56 Å². The molecule has 106 valence electrons. The number of rotatable bonds is 2. The van der Waals surface area contributed by atoms with Gasteiger partial charge >= 0.3 is 0 Å². The van der Waals surface area contributed by atoms with E-state index in [1.165, 1.54) is 0 Å². The van der Waals surface area contributed by atoms with Crippen LogP contribution in [0.5, 0.6) is 0 Å². The number of nitrogens with one attached hydrogen (secondary N) is 2. The lowest BCUT2D eigenvalue weighted by Crippen LogP contribution is -2.05. The van der Waals surface area contributed by atoms with Crippen molar-refractivity contribution < 1.29 is 0 Å². The molecule has 3 aromatic heterocycles. The smallest absolute Gasteiger partial charge is 0.255 e. The molecule has 0 saturated heterocycles. The first-order chi connectivity index (χ1) is 10.8. The van der Waals surface area contributed by atoms with Crippen LogP contribution in [0.15, 0.2) is 65.8 Å². The lowest BCUT2D eigenvalue weighted by molar-refractivity contribution is 1.09. The zero-order valence-corrected chi connectivity index (χ0v) is 11.6. The third-order valence-electron chi connectivity index (χ3n) is 3.65. The van der Waals surface area contributed by atoms with Gasteiger partial charge < -0.3 is 4.98 Å². The normalized spacial score (nSPS) is 10.9. The van der Waals surface area contributed by atoms with Crippen LogP contribution in [0, 0.1) is 0 Å². The van der Waals surface area contributed by atoms with E-state index in [-0.39, 0.29) is 5.56 Å². The molecule has 0 fully saturated rings. The second-order valence-electron chi connectivity index (χ2n) is 4.94. The van der Waals surface area contributed by atoms with Crippen molar-refractivity contribution in [1.29, 1.82) is 0 Å². The summed E-state index contributed by atoms with van der Waals surface area (Å²) >= 11 is 0. The van der Waals surface area contributed by atoms with E-state index < -0.39 is 0 Å². The van der Waals surface area contributed by atoms with Crippen LogP contribution in [0.4, 0.5) is 0 Å². The number of aromatic nitrogens is 4. The fraction of sp³-hybridized carbons (Fsp3) is 0. The van der Waals surface area contributed by atoms with Gasteiger partial charge in [-0.05, 0) is 23.6 Å². The number of fused-ring (bicyclic) bond motifs is 1. The zero-order chi connectivity index (χ0) is 14.9. The molecule has 3 heterocycles. The minimum absolute atomic E-state index is 0.0952. The van der Waals surface area contributed by atoms with Crippen molar-refractivity contribution in [3.05, 3.63) is 71.4 Å². The Bertz CT molecular complexity index is 1000. The van der Waals surface area contributed by atoms with Crippen LogP contribution in [-0.4, -0.2) is 20.2 Å². The van der Waals surface area contributed by atoms with Crippen molar-refractivity contribution in [3.63, 3.8) is 0 Å². The van der Waals surface area contributed by atoms with Crippen LogP contribution in [0.25, 0.3) is 33.3 Å². The second kappa shape index (κ2) is 4.96. The first-order valence-electron chi connectivity index (χ1n) is 6.90. The Morgan fingerprint density at radius 2 is 1.68 bits per heavy atom. The van der Waals surface area contributed by atoms with Gasteiger partial charge in [-0.1, -0.05) is 24.3 Å². The van der Waals surface area contributed by atoms with Gasteiger partial charge in [-0.15, -0.1) is 0 Å². The third-order valence-corrected chi connectivity index (χ3v) is 3.65. The number of H-pyrrole nitrogens is 2. The van der Waals surface area contributed by atoms with E-state index in [1.807, 2.05) is 48.7 Å². The maximum Gasteiger partial charge on any atom is 0.255 e. The second-order valence-corrected chi connectivity index (χ2v) is 4.94. The van der Waals surface area contributed by atoms with Gasteiger partial charge in [-0.25, -0.2) is 0 Å². The minimum atomic E-state index is -0.0952. The van der Waals surface area contributed by atoms with Gasteiger partial charge in [0.1, 0.15) is 5.69 Å². The quantitative estimate of drug-likeness (QED) is 0.595. The molecule has 0 aliphatic heterocycles. The summed E-state index contributed by atoms with van der Waals surface area (Å²) in [6.45, 7) is 0. The maximum atomic E-state index is 12.0. The van der Waals surface area contributed by atoms with Gasteiger partial charge in [0, 0.05) is 35.1 Å². The highest BCUT2D eigenvalue weighted by atomic mass is 16.1. The van der Waals surface area contributed by atoms with E-state index in [0.717, 1.165) is 27.9 Å². The molecular formula is C17H12N4O. The summed E-state index contributed by atoms with van der Waals surface area (Å²) in [5.41, 5.74) is 3.28. The predicted octanol–water partition coefficient (Wildman–Crippen LogP) is 2.98. The van der Waals surface area contributed by atoms with E-state index in [2.05, 4.69) is 20.2 Å². The van der Waals surface area contributed by atoms with Gasteiger partial charge in [0.15, 0.2) is 0 Å². The fourth-order valence-corrected chi connectivity index (χ4v) is 2.63. The molecule has 0 aliphatic rings. The largest absolute Gasteiger partial charge is 0.328 e. The Kier molecular flexibility index (Phi) is 2.83. The van der Waals surface area contributed by atoms with E-state index in [1.54, 1.807) is 12.4 Å². The molecule has 2 N–H and O–H groups in total. The van der Waals surface area contributed by atoms with Crippen LogP contribution < -0.4 is 5.56 Å². The molecule has 0 amide bonds. The summed E-state index contributed by atoms with van der Waals surface area (Å²) in [6.07, 6.45) is 5.28. The summed E-state index contributed by atoms with van der Waals surface area (Å²) in [6, 6.07) is 13.2. The summed E-state index contributed by atoms with van der Waals surface area (Å²) in [4.78, 5) is 19.1. The van der Waals surface area contributed by atoms with Crippen LogP contribution in [0.1, 0.15) is 0 Å². The highest BCUT2D eigenvalue weighted by Crippen LogP contribution is 2.32. The Hall–Kier alpha value is -3.21. The van der Waals surface area contributed by atoms with Crippen molar-refractivity contribution in [1.82, 2.24) is 20.2 Å². The molecule has 0 unspecified atom stereocenters. The lowest BCUT2D eigenvalue weighted by atomic mass is 10.0. The van der Waals surface area contributed by atoms with E-state index in [0.29, 0.717) is 5.39 Å². The molecule has 4 aromatic rings. The van der Waals surface area contributed by atoms with E-state index >= 15 is 0 Å². The molecule has 5 heteroatoms. The molecule has 22 heavy (non-hydrogen) atoms. The molecule has 0 saturated carbocycles. The molecule has 1 aromatic carbocycles. The minimum Gasteiger partial charge on any atom is -0.328 e. The number of aromatic amines is 2.